The highest BCUT2D eigenvalue weighted by Crippen LogP contribution is 2.24. The Bertz CT molecular complexity index is 239. The topological polar surface area (TPSA) is 17.8 Å². The van der Waals surface area contributed by atoms with Crippen LogP contribution >= 0.6 is 0 Å². The Labute approximate surface area is 67.2 Å². The molecule has 1 unspecified atom stereocenters. The van der Waals surface area contributed by atoms with Crippen molar-refractivity contribution in [1.29, 1.82) is 0 Å². The molecule has 0 radical (unpaired) electrons. The summed E-state index contributed by atoms with van der Waals surface area (Å²) in [6.07, 6.45) is 5.88. The SMILES string of the molecule is CC1CCCCn2nccc21. The number of fused-ring (bicyclic) bond motifs is 1. The van der Waals surface area contributed by atoms with Gasteiger partial charge >= 0.3 is 0 Å². The summed E-state index contributed by atoms with van der Waals surface area (Å²) in [4.78, 5) is 0. The molecule has 2 heterocycles. The van der Waals surface area contributed by atoms with E-state index < -0.39 is 0 Å². The van der Waals surface area contributed by atoms with E-state index in [0.717, 1.165) is 6.54 Å². The van der Waals surface area contributed by atoms with Gasteiger partial charge in [-0.25, -0.2) is 0 Å². The lowest BCUT2D eigenvalue weighted by atomic mass is 10.0. The van der Waals surface area contributed by atoms with Crippen LogP contribution in [0.3, 0.4) is 0 Å². The quantitative estimate of drug-likeness (QED) is 0.554. The summed E-state index contributed by atoms with van der Waals surface area (Å²) < 4.78 is 2.15. The van der Waals surface area contributed by atoms with Gasteiger partial charge in [-0.3, -0.25) is 4.68 Å². The maximum Gasteiger partial charge on any atom is 0.0492 e. The van der Waals surface area contributed by atoms with Gasteiger partial charge in [0.25, 0.3) is 0 Å². The van der Waals surface area contributed by atoms with Crippen LogP contribution in [0.25, 0.3) is 0 Å². The van der Waals surface area contributed by atoms with E-state index in [4.69, 9.17) is 0 Å². The van der Waals surface area contributed by atoms with Gasteiger partial charge in [0, 0.05) is 18.4 Å². The molecule has 1 aromatic heterocycles. The highest BCUT2D eigenvalue weighted by atomic mass is 15.3. The van der Waals surface area contributed by atoms with E-state index in [2.05, 4.69) is 22.8 Å². The van der Waals surface area contributed by atoms with Crippen LogP contribution in [0, 0.1) is 0 Å². The van der Waals surface area contributed by atoms with E-state index in [1.807, 2.05) is 6.20 Å². The predicted octanol–water partition coefficient (Wildman–Crippen LogP) is 2.17. The van der Waals surface area contributed by atoms with Crippen LogP contribution in [-0.2, 0) is 6.54 Å². The Morgan fingerprint density at radius 3 is 3.36 bits per heavy atom. The molecule has 0 bridgehead atoms. The normalized spacial score (nSPS) is 24.3. The van der Waals surface area contributed by atoms with E-state index in [0.29, 0.717) is 5.92 Å². The lowest BCUT2D eigenvalue weighted by Gasteiger charge is -2.07. The molecule has 0 fully saturated rings. The second-order valence-electron chi connectivity index (χ2n) is 3.38. The first-order valence-corrected chi connectivity index (χ1v) is 4.39. The zero-order valence-corrected chi connectivity index (χ0v) is 6.95. The van der Waals surface area contributed by atoms with Gasteiger partial charge in [-0.05, 0) is 24.8 Å². The van der Waals surface area contributed by atoms with Gasteiger partial charge in [0.2, 0.25) is 0 Å². The molecule has 60 valence electrons. The number of aryl methyl sites for hydroxylation is 1. The van der Waals surface area contributed by atoms with E-state index in [-0.39, 0.29) is 0 Å². The molecule has 0 N–H and O–H groups in total. The van der Waals surface area contributed by atoms with Gasteiger partial charge in [-0.2, -0.15) is 5.10 Å². The molecule has 1 aliphatic heterocycles. The third kappa shape index (κ3) is 1.17. The van der Waals surface area contributed by atoms with Gasteiger partial charge < -0.3 is 0 Å². The molecule has 1 aliphatic rings. The Hall–Kier alpha value is -0.790. The van der Waals surface area contributed by atoms with Crippen molar-refractivity contribution in [3.8, 4) is 0 Å². The predicted molar refractivity (Wildman–Crippen MR) is 44.5 cm³/mol. The second-order valence-corrected chi connectivity index (χ2v) is 3.38. The summed E-state index contributed by atoms with van der Waals surface area (Å²) in [6.45, 7) is 3.41. The summed E-state index contributed by atoms with van der Waals surface area (Å²) in [5, 5.41) is 4.28. The molecule has 11 heavy (non-hydrogen) atoms. The fourth-order valence-electron chi connectivity index (χ4n) is 1.81. The lowest BCUT2D eigenvalue weighted by molar-refractivity contribution is 0.576. The first-order valence-electron chi connectivity index (χ1n) is 4.39. The van der Waals surface area contributed by atoms with Crippen LogP contribution < -0.4 is 0 Å². The molecule has 0 aromatic carbocycles. The molecule has 0 amide bonds. The van der Waals surface area contributed by atoms with Crippen molar-refractivity contribution in [1.82, 2.24) is 9.78 Å². The Morgan fingerprint density at radius 2 is 2.45 bits per heavy atom. The number of hydrogen-bond acceptors (Lipinski definition) is 1. The average molecular weight is 150 g/mol. The molecule has 2 heteroatoms. The fourth-order valence-corrected chi connectivity index (χ4v) is 1.81. The summed E-state index contributed by atoms with van der Waals surface area (Å²) in [7, 11) is 0. The van der Waals surface area contributed by atoms with Gasteiger partial charge in [-0.15, -0.1) is 0 Å². The average Bonchev–Trinajstić information content (AvgIpc) is 2.40. The molecular weight excluding hydrogens is 136 g/mol. The van der Waals surface area contributed by atoms with Crippen molar-refractivity contribution in [2.24, 2.45) is 0 Å². The van der Waals surface area contributed by atoms with E-state index in [9.17, 15) is 0 Å². The summed E-state index contributed by atoms with van der Waals surface area (Å²) in [6, 6.07) is 2.15. The zero-order valence-electron chi connectivity index (χ0n) is 6.95. The maximum atomic E-state index is 4.28. The molecule has 0 saturated carbocycles. The minimum Gasteiger partial charge on any atom is -0.269 e. The fraction of sp³-hybridized carbons (Fsp3) is 0.667. The van der Waals surface area contributed by atoms with Crippen LogP contribution in [0.1, 0.15) is 37.8 Å². The van der Waals surface area contributed by atoms with E-state index in [1.54, 1.807) is 0 Å². The minimum absolute atomic E-state index is 0.708. The van der Waals surface area contributed by atoms with Crippen molar-refractivity contribution in [2.75, 3.05) is 0 Å². The van der Waals surface area contributed by atoms with Crippen molar-refractivity contribution in [3.05, 3.63) is 18.0 Å². The van der Waals surface area contributed by atoms with Gasteiger partial charge in [0.15, 0.2) is 0 Å². The largest absolute Gasteiger partial charge is 0.269 e. The third-order valence-electron chi connectivity index (χ3n) is 2.51. The molecule has 1 aromatic rings. The van der Waals surface area contributed by atoms with E-state index >= 15 is 0 Å². The van der Waals surface area contributed by atoms with Gasteiger partial charge in [0.05, 0.1) is 0 Å². The number of rotatable bonds is 0. The molecule has 2 rings (SSSR count). The molecule has 0 spiro atoms. The zero-order chi connectivity index (χ0) is 7.68. The lowest BCUT2D eigenvalue weighted by Crippen LogP contribution is -2.03. The first-order chi connectivity index (χ1) is 5.38. The third-order valence-corrected chi connectivity index (χ3v) is 2.51. The summed E-state index contributed by atoms with van der Waals surface area (Å²) in [5.74, 6) is 0.708. The number of hydrogen-bond donors (Lipinski definition) is 0. The summed E-state index contributed by atoms with van der Waals surface area (Å²) >= 11 is 0. The van der Waals surface area contributed by atoms with Crippen LogP contribution in [0.15, 0.2) is 12.3 Å². The Morgan fingerprint density at radius 1 is 1.55 bits per heavy atom. The molecular formula is C9H14N2. The second kappa shape index (κ2) is 2.68. The van der Waals surface area contributed by atoms with Crippen LogP contribution in [0.4, 0.5) is 0 Å². The highest BCUT2D eigenvalue weighted by Gasteiger charge is 2.13. The first kappa shape index (κ1) is 6.89. The van der Waals surface area contributed by atoms with E-state index in [1.165, 1.54) is 25.0 Å². The molecule has 1 atom stereocenters. The van der Waals surface area contributed by atoms with Crippen molar-refractivity contribution in [2.45, 2.75) is 38.6 Å². The van der Waals surface area contributed by atoms with Gasteiger partial charge in [0.1, 0.15) is 0 Å². The summed E-state index contributed by atoms with van der Waals surface area (Å²) in [5.41, 5.74) is 1.42. The number of nitrogens with zero attached hydrogens (tertiary/aromatic N) is 2. The van der Waals surface area contributed by atoms with Crippen LogP contribution in [0.5, 0.6) is 0 Å². The van der Waals surface area contributed by atoms with Crippen molar-refractivity contribution in [3.63, 3.8) is 0 Å². The van der Waals surface area contributed by atoms with Gasteiger partial charge in [-0.1, -0.05) is 13.3 Å². The number of aromatic nitrogens is 2. The Balaban J connectivity index is 2.34. The molecule has 0 saturated heterocycles. The van der Waals surface area contributed by atoms with Crippen LogP contribution in [0.2, 0.25) is 0 Å². The molecule has 2 nitrogen and oxygen atoms in total. The standard InChI is InChI=1S/C9H14N2/c1-8-4-2-3-7-11-9(8)5-6-10-11/h5-6,8H,2-4,7H2,1H3. The molecule has 0 aliphatic carbocycles. The highest BCUT2D eigenvalue weighted by molar-refractivity contribution is 5.07. The minimum atomic E-state index is 0.708. The monoisotopic (exact) mass is 150 g/mol. The maximum absolute atomic E-state index is 4.28. The van der Waals surface area contributed by atoms with Crippen molar-refractivity contribution < 1.29 is 0 Å². The smallest absolute Gasteiger partial charge is 0.0492 e. The Kier molecular flexibility index (Phi) is 1.68. The van der Waals surface area contributed by atoms with Crippen LogP contribution in [-0.4, -0.2) is 9.78 Å². The van der Waals surface area contributed by atoms with Crippen molar-refractivity contribution >= 4 is 0 Å².